The fourth-order valence-electron chi connectivity index (χ4n) is 2.18. The smallest absolute Gasteiger partial charge is 0.341 e. The molecule has 1 aromatic heterocycles. The zero-order chi connectivity index (χ0) is 17.7. The summed E-state index contributed by atoms with van der Waals surface area (Å²) in [5.74, 6) is -0.0830. The molecule has 1 heterocycles. The summed E-state index contributed by atoms with van der Waals surface area (Å²) in [6, 6.07) is 6.94. The van der Waals surface area contributed by atoms with Gasteiger partial charge in [0.2, 0.25) is 0 Å². The summed E-state index contributed by atoms with van der Waals surface area (Å²) in [4.78, 5) is 32.8. The molecule has 0 aliphatic carbocycles. The van der Waals surface area contributed by atoms with Gasteiger partial charge in [0.05, 0.1) is 11.3 Å². The Kier molecular flexibility index (Phi) is 5.47. The van der Waals surface area contributed by atoms with Crippen molar-refractivity contribution in [3.8, 4) is 5.75 Å². The Morgan fingerprint density at radius 3 is 2.46 bits per heavy atom. The molecule has 0 radical (unpaired) electrons. The first-order chi connectivity index (χ1) is 11.4. The maximum atomic E-state index is 12.5. The minimum Gasteiger partial charge on any atom is -0.482 e. The second-order valence-electron chi connectivity index (χ2n) is 5.40. The Hall–Kier alpha value is -2.96. The Bertz CT molecular complexity index is 744. The van der Waals surface area contributed by atoms with Crippen LogP contribution >= 0.6 is 0 Å². The van der Waals surface area contributed by atoms with Gasteiger partial charge in [-0.25, -0.2) is 14.8 Å². The summed E-state index contributed by atoms with van der Waals surface area (Å²) in [6.45, 7) is 3.58. The van der Waals surface area contributed by atoms with Crippen molar-refractivity contribution in [2.75, 3.05) is 13.7 Å². The van der Waals surface area contributed by atoms with E-state index in [1.54, 1.807) is 56.3 Å². The first-order valence-electron chi connectivity index (χ1n) is 7.36. The first kappa shape index (κ1) is 17.4. The minimum atomic E-state index is -1.03. The number of hydrogen-bond donors (Lipinski definition) is 1. The number of ether oxygens (including phenoxy) is 1. The van der Waals surface area contributed by atoms with Crippen LogP contribution in [0.1, 0.15) is 27.4 Å². The summed E-state index contributed by atoms with van der Waals surface area (Å²) in [5, 5.41) is 8.58. The lowest BCUT2D eigenvalue weighted by atomic mass is 10.1. The molecule has 0 fully saturated rings. The quantitative estimate of drug-likeness (QED) is 0.869. The van der Waals surface area contributed by atoms with Crippen molar-refractivity contribution in [3.05, 3.63) is 53.1 Å². The van der Waals surface area contributed by atoms with E-state index in [0.29, 0.717) is 29.4 Å². The third kappa shape index (κ3) is 4.52. The second-order valence-corrected chi connectivity index (χ2v) is 5.40. The van der Waals surface area contributed by atoms with Crippen LogP contribution in [0, 0.1) is 13.8 Å². The molecular weight excluding hydrogens is 310 g/mol. The van der Waals surface area contributed by atoms with Gasteiger partial charge >= 0.3 is 5.97 Å². The van der Waals surface area contributed by atoms with Gasteiger partial charge in [0.15, 0.2) is 6.61 Å². The average Bonchev–Trinajstić information content (AvgIpc) is 2.53. The molecule has 7 heteroatoms. The number of nitrogens with zero attached hydrogens (tertiary/aromatic N) is 3. The molecule has 24 heavy (non-hydrogen) atoms. The SMILES string of the molecule is Cc1ncc(C(=O)N(C)Cc2ccc(OCC(=O)O)cc2)c(C)n1. The van der Waals surface area contributed by atoms with E-state index in [0.717, 1.165) is 5.56 Å². The molecule has 0 unspecified atom stereocenters. The van der Waals surface area contributed by atoms with E-state index in [-0.39, 0.29) is 12.5 Å². The van der Waals surface area contributed by atoms with Crippen molar-refractivity contribution in [3.63, 3.8) is 0 Å². The summed E-state index contributed by atoms with van der Waals surface area (Å²) in [5.41, 5.74) is 2.03. The summed E-state index contributed by atoms with van der Waals surface area (Å²) >= 11 is 0. The van der Waals surface area contributed by atoms with Crippen LogP contribution in [0.4, 0.5) is 0 Å². The number of hydrogen-bond acceptors (Lipinski definition) is 5. The highest BCUT2D eigenvalue weighted by molar-refractivity contribution is 5.94. The highest BCUT2D eigenvalue weighted by atomic mass is 16.5. The van der Waals surface area contributed by atoms with Gasteiger partial charge in [0, 0.05) is 19.8 Å². The molecule has 1 N–H and O–H groups in total. The molecule has 0 aliphatic heterocycles. The summed E-state index contributed by atoms with van der Waals surface area (Å²) in [7, 11) is 1.70. The molecule has 1 amide bonds. The molecule has 7 nitrogen and oxygen atoms in total. The largest absolute Gasteiger partial charge is 0.482 e. The van der Waals surface area contributed by atoms with Crippen LogP contribution < -0.4 is 4.74 Å². The van der Waals surface area contributed by atoms with Crippen molar-refractivity contribution in [1.29, 1.82) is 0 Å². The molecule has 0 aliphatic rings. The number of aromatic nitrogens is 2. The van der Waals surface area contributed by atoms with Crippen LogP contribution in [-0.2, 0) is 11.3 Å². The van der Waals surface area contributed by atoms with Crippen LogP contribution in [0.3, 0.4) is 0 Å². The van der Waals surface area contributed by atoms with Crippen LogP contribution in [0.5, 0.6) is 5.75 Å². The van der Waals surface area contributed by atoms with Crippen molar-refractivity contribution < 1.29 is 19.4 Å². The lowest BCUT2D eigenvalue weighted by Crippen LogP contribution is -2.27. The van der Waals surface area contributed by atoms with Gasteiger partial charge in [-0.1, -0.05) is 12.1 Å². The fourth-order valence-corrected chi connectivity index (χ4v) is 2.18. The number of carbonyl (C=O) groups excluding carboxylic acids is 1. The summed E-state index contributed by atoms with van der Waals surface area (Å²) < 4.78 is 5.07. The van der Waals surface area contributed by atoms with Crippen molar-refractivity contribution in [1.82, 2.24) is 14.9 Å². The number of aliphatic carboxylic acids is 1. The highest BCUT2D eigenvalue weighted by Crippen LogP contribution is 2.15. The molecule has 0 saturated carbocycles. The maximum Gasteiger partial charge on any atom is 0.341 e. The van der Waals surface area contributed by atoms with E-state index < -0.39 is 5.97 Å². The van der Waals surface area contributed by atoms with Crippen molar-refractivity contribution >= 4 is 11.9 Å². The van der Waals surface area contributed by atoms with Crippen LogP contribution in [-0.4, -0.2) is 45.5 Å². The Labute approximate surface area is 139 Å². The topological polar surface area (TPSA) is 92.6 Å². The third-order valence-corrected chi connectivity index (χ3v) is 3.38. The van der Waals surface area contributed by atoms with Gasteiger partial charge in [-0.15, -0.1) is 0 Å². The second kappa shape index (κ2) is 7.54. The average molecular weight is 329 g/mol. The zero-order valence-corrected chi connectivity index (χ0v) is 13.8. The zero-order valence-electron chi connectivity index (χ0n) is 13.8. The molecule has 1 aromatic carbocycles. The Morgan fingerprint density at radius 2 is 1.88 bits per heavy atom. The van der Waals surface area contributed by atoms with Gasteiger partial charge in [-0.2, -0.15) is 0 Å². The predicted molar refractivity (Wildman–Crippen MR) is 86.9 cm³/mol. The van der Waals surface area contributed by atoms with Gasteiger partial charge < -0.3 is 14.7 Å². The number of carboxylic acids is 1. The molecule has 0 atom stereocenters. The highest BCUT2D eigenvalue weighted by Gasteiger charge is 2.16. The number of aryl methyl sites for hydroxylation is 2. The minimum absolute atomic E-state index is 0.154. The number of carbonyl (C=O) groups is 2. The van der Waals surface area contributed by atoms with E-state index in [9.17, 15) is 9.59 Å². The molecule has 0 saturated heterocycles. The molecule has 0 bridgehead atoms. The summed E-state index contributed by atoms with van der Waals surface area (Å²) in [6.07, 6.45) is 1.54. The fraction of sp³-hybridized carbons (Fsp3) is 0.294. The van der Waals surface area contributed by atoms with Crippen molar-refractivity contribution in [2.45, 2.75) is 20.4 Å². The number of benzene rings is 1. The van der Waals surface area contributed by atoms with Gasteiger partial charge in [0.1, 0.15) is 11.6 Å². The molecule has 2 rings (SSSR count). The van der Waals surface area contributed by atoms with E-state index in [4.69, 9.17) is 9.84 Å². The van der Waals surface area contributed by atoms with E-state index in [1.807, 2.05) is 0 Å². The molecular formula is C17H19N3O4. The Balaban J connectivity index is 2.02. The van der Waals surface area contributed by atoms with E-state index >= 15 is 0 Å². The predicted octanol–water partition coefficient (Wildman–Crippen LogP) is 1.83. The molecule has 126 valence electrons. The van der Waals surface area contributed by atoms with E-state index in [1.165, 1.54) is 0 Å². The lowest BCUT2D eigenvalue weighted by molar-refractivity contribution is -0.139. The van der Waals surface area contributed by atoms with Crippen LogP contribution in [0.2, 0.25) is 0 Å². The number of amides is 1. The van der Waals surface area contributed by atoms with Gasteiger partial charge in [-0.05, 0) is 31.5 Å². The normalized spacial score (nSPS) is 10.3. The Morgan fingerprint density at radius 1 is 1.21 bits per heavy atom. The number of rotatable bonds is 6. The maximum absolute atomic E-state index is 12.5. The third-order valence-electron chi connectivity index (χ3n) is 3.38. The molecule has 2 aromatic rings. The van der Waals surface area contributed by atoms with Crippen molar-refractivity contribution in [2.24, 2.45) is 0 Å². The van der Waals surface area contributed by atoms with Crippen LogP contribution in [0.25, 0.3) is 0 Å². The first-order valence-corrected chi connectivity index (χ1v) is 7.36. The van der Waals surface area contributed by atoms with Crippen LogP contribution in [0.15, 0.2) is 30.5 Å². The monoisotopic (exact) mass is 329 g/mol. The molecule has 0 spiro atoms. The van der Waals surface area contributed by atoms with Gasteiger partial charge in [-0.3, -0.25) is 4.79 Å². The number of carboxylic acid groups (broad SMARTS) is 1. The standard InChI is InChI=1S/C17H19N3O4/c1-11-15(8-18-12(2)19-11)17(23)20(3)9-13-4-6-14(7-5-13)24-10-16(21)22/h4-8H,9-10H2,1-3H3,(H,21,22). The van der Waals surface area contributed by atoms with Gasteiger partial charge in [0.25, 0.3) is 5.91 Å². The van der Waals surface area contributed by atoms with E-state index in [2.05, 4.69) is 9.97 Å². The lowest BCUT2D eigenvalue weighted by Gasteiger charge is -2.18.